The van der Waals surface area contributed by atoms with Crippen molar-refractivity contribution in [3.63, 3.8) is 0 Å². The van der Waals surface area contributed by atoms with Gasteiger partial charge in [-0.1, -0.05) is 30.3 Å². The Balaban J connectivity index is 2.22. The molecule has 18 heavy (non-hydrogen) atoms. The molecule has 0 aliphatic heterocycles. The Kier molecular flexibility index (Phi) is 3.75. The minimum Gasteiger partial charge on any atom is -0.394 e. The number of nitrogens with one attached hydrogen (secondary N) is 2. The molecule has 0 radical (unpaired) electrons. The van der Waals surface area contributed by atoms with Gasteiger partial charge in [0.1, 0.15) is 4.90 Å². The van der Waals surface area contributed by atoms with Crippen LogP contribution < -0.4 is 4.72 Å². The number of H-pyrrole nitrogens is 1. The summed E-state index contributed by atoms with van der Waals surface area (Å²) in [5, 5.41) is 15.3. The second kappa shape index (κ2) is 5.30. The summed E-state index contributed by atoms with van der Waals surface area (Å²) in [6.45, 7) is -0.318. The maximum atomic E-state index is 12.0. The molecule has 2 rings (SSSR count). The second-order valence-electron chi connectivity index (χ2n) is 3.70. The van der Waals surface area contributed by atoms with Gasteiger partial charge in [-0.15, -0.1) is 0 Å². The summed E-state index contributed by atoms with van der Waals surface area (Å²) < 4.78 is 26.3. The van der Waals surface area contributed by atoms with Crippen molar-refractivity contribution < 1.29 is 13.5 Å². The molecule has 1 aromatic heterocycles. The first-order valence-corrected chi connectivity index (χ1v) is 6.79. The van der Waals surface area contributed by atoms with E-state index in [0.717, 1.165) is 0 Å². The highest BCUT2D eigenvalue weighted by Gasteiger charge is 2.21. The topological polar surface area (TPSA) is 95.1 Å². The summed E-state index contributed by atoms with van der Waals surface area (Å²) in [6.07, 6.45) is 2.49. The number of sulfonamides is 1. The summed E-state index contributed by atoms with van der Waals surface area (Å²) in [5.41, 5.74) is 0.701. The molecule has 0 amide bonds. The summed E-state index contributed by atoms with van der Waals surface area (Å²) in [7, 11) is -3.68. The molecule has 0 fully saturated rings. The zero-order chi connectivity index (χ0) is 13.0. The fourth-order valence-corrected chi connectivity index (χ4v) is 2.66. The lowest BCUT2D eigenvalue weighted by molar-refractivity contribution is 0.259. The average Bonchev–Trinajstić information content (AvgIpc) is 2.92. The molecule has 0 spiro atoms. The number of aliphatic hydroxyl groups excluding tert-OH is 1. The Labute approximate surface area is 105 Å². The summed E-state index contributed by atoms with van der Waals surface area (Å²) >= 11 is 0. The Morgan fingerprint density at radius 1 is 1.33 bits per heavy atom. The molecule has 0 bridgehead atoms. The first kappa shape index (κ1) is 12.7. The average molecular weight is 267 g/mol. The molecule has 96 valence electrons. The van der Waals surface area contributed by atoms with Crippen LogP contribution in [0.4, 0.5) is 0 Å². The van der Waals surface area contributed by atoms with Gasteiger partial charge in [-0.2, -0.15) is 5.10 Å². The van der Waals surface area contributed by atoms with E-state index < -0.39 is 16.1 Å². The van der Waals surface area contributed by atoms with Crippen LogP contribution in [0.3, 0.4) is 0 Å². The highest BCUT2D eigenvalue weighted by Crippen LogP contribution is 2.15. The summed E-state index contributed by atoms with van der Waals surface area (Å²) in [5.74, 6) is 0. The molecule has 1 heterocycles. The molecule has 7 heteroatoms. The third kappa shape index (κ3) is 2.76. The van der Waals surface area contributed by atoms with Crippen LogP contribution in [0.5, 0.6) is 0 Å². The molecule has 0 aliphatic rings. The Morgan fingerprint density at radius 2 is 2.06 bits per heavy atom. The van der Waals surface area contributed by atoms with E-state index in [9.17, 15) is 13.5 Å². The lowest BCUT2D eigenvalue weighted by Gasteiger charge is -2.15. The van der Waals surface area contributed by atoms with Crippen molar-refractivity contribution in [2.24, 2.45) is 0 Å². The van der Waals surface area contributed by atoms with E-state index in [-0.39, 0.29) is 11.5 Å². The van der Waals surface area contributed by atoms with Crippen LogP contribution in [-0.4, -0.2) is 30.3 Å². The van der Waals surface area contributed by atoms with Crippen LogP contribution >= 0.6 is 0 Å². The first-order chi connectivity index (χ1) is 8.63. The normalized spacial score (nSPS) is 13.4. The van der Waals surface area contributed by atoms with Gasteiger partial charge < -0.3 is 5.11 Å². The zero-order valence-electron chi connectivity index (χ0n) is 9.45. The molecule has 1 atom stereocenters. The number of benzene rings is 1. The largest absolute Gasteiger partial charge is 0.394 e. The van der Waals surface area contributed by atoms with Gasteiger partial charge in [0.2, 0.25) is 10.0 Å². The van der Waals surface area contributed by atoms with Crippen molar-refractivity contribution in [2.45, 2.75) is 10.9 Å². The van der Waals surface area contributed by atoms with Gasteiger partial charge >= 0.3 is 0 Å². The van der Waals surface area contributed by atoms with Gasteiger partial charge in [-0.25, -0.2) is 13.1 Å². The SMILES string of the molecule is O=S(=O)(NC(CO)c1ccccc1)c1cn[nH]c1. The minimum absolute atomic E-state index is 0.0388. The molecule has 6 nitrogen and oxygen atoms in total. The maximum Gasteiger partial charge on any atom is 0.244 e. The molecule has 0 aliphatic carbocycles. The van der Waals surface area contributed by atoms with Crippen LogP contribution in [0.15, 0.2) is 47.6 Å². The molecule has 0 saturated carbocycles. The number of aromatic amines is 1. The number of aliphatic hydroxyl groups is 1. The molecule has 1 unspecified atom stereocenters. The minimum atomic E-state index is -3.68. The number of hydrogen-bond donors (Lipinski definition) is 3. The Hall–Kier alpha value is -1.70. The highest BCUT2D eigenvalue weighted by molar-refractivity contribution is 7.89. The lowest BCUT2D eigenvalue weighted by Crippen LogP contribution is -2.30. The molecular formula is C11H13N3O3S. The van der Waals surface area contributed by atoms with Crippen LogP contribution in [0.25, 0.3) is 0 Å². The van der Waals surface area contributed by atoms with Crippen molar-refractivity contribution >= 4 is 10.0 Å². The van der Waals surface area contributed by atoms with Crippen LogP contribution in [0.1, 0.15) is 11.6 Å². The van der Waals surface area contributed by atoms with E-state index in [4.69, 9.17) is 0 Å². The van der Waals surface area contributed by atoms with E-state index >= 15 is 0 Å². The highest BCUT2D eigenvalue weighted by atomic mass is 32.2. The molecule has 2 aromatic rings. The van der Waals surface area contributed by atoms with E-state index in [1.165, 1.54) is 12.4 Å². The van der Waals surface area contributed by atoms with Crippen molar-refractivity contribution in [2.75, 3.05) is 6.61 Å². The standard InChI is InChI=1S/C11H13N3O3S/c15-8-11(9-4-2-1-3-5-9)14-18(16,17)10-6-12-13-7-10/h1-7,11,14-15H,8H2,(H,12,13). The van der Waals surface area contributed by atoms with Crippen LogP contribution in [-0.2, 0) is 10.0 Å². The van der Waals surface area contributed by atoms with Gasteiger partial charge in [-0.3, -0.25) is 5.10 Å². The van der Waals surface area contributed by atoms with Gasteiger partial charge in [0.15, 0.2) is 0 Å². The van der Waals surface area contributed by atoms with E-state index in [1.807, 2.05) is 6.07 Å². The third-order valence-corrected chi connectivity index (χ3v) is 3.90. The third-order valence-electron chi connectivity index (χ3n) is 2.47. The zero-order valence-corrected chi connectivity index (χ0v) is 10.3. The molecular weight excluding hydrogens is 254 g/mol. The predicted molar refractivity (Wildman–Crippen MR) is 65.2 cm³/mol. The maximum absolute atomic E-state index is 12.0. The van der Waals surface area contributed by atoms with Crippen molar-refractivity contribution in [1.29, 1.82) is 0 Å². The Morgan fingerprint density at radius 3 is 2.61 bits per heavy atom. The monoisotopic (exact) mass is 267 g/mol. The van der Waals surface area contributed by atoms with Gasteiger partial charge in [0.25, 0.3) is 0 Å². The van der Waals surface area contributed by atoms with Crippen molar-refractivity contribution in [3.8, 4) is 0 Å². The first-order valence-electron chi connectivity index (χ1n) is 5.30. The summed E-state index contributed by atoms with van der Waals surface area (Å²) in [6, 6.07) is 8.21. The van der Waals surface area contributed by atoms with Gasteiger partial charge in [0.05, 0.1) is 18.8 Å². The number of hydrogen-bond acceptors (Lipinski definition) is 4. The van der Waals surface area contributed by atoms with Crippen molar-refractivity contribution in [3.05, 3.63) is 48.3 Å². The second-order valence-corrected chi connectivity index (χ2v) is 5.42. The predicted octanol–water partition coefficient (Wildman–Crippen LogP) is 0.422. The fourth-order valence-electron chi connectivity index (χ4n) is 1.54. The van der Waals surface area contributed by atoms with E-state index in [1.54, 1.807) is 24.3 Å². The lowest BCUT2D eigenvalue weighted by atomic mass is 10.1. The van der Waals surface area contributed by atoms with Crippen LogP contribution in [0.2, 0.25) is 0 Å². The van der Waals surface area contributed by atoms with Gasteiger partial charge in [0, 0.05) is 6.20 Å². The molecule has 3 N–H and O–H groups in total. The Bertz CT molecular complexity index is 581. The van der Waals surface area contributed by atoms with E-state index in [0.29, 0.717) is 5.56 Å². The quantitative estimate of drug-likeness (QED) is 0.731. The smallest absolute Gasteiger partial charge is 0.244 e. The van der Waals surface area contributed by atoms with Gasteiger partial charge in [-0.05, 0) is 5.56 Å². The number of aromatic nitrogens is 2. The fraction of sp³-hybridized carbons (Fsp3) is 0.182. The van der Waals surface area contributed by atoms with E-state index in [2.05, 4.69) is 14.9 Å². The number of nitrogens with zero attached hydrogens (tertiary/aromatic N) is 1. The molecule has 1 aromatic carbocycles. The number of rotatable bonds is 5. The summed E-state index contributed by atoms with van der Waals surface area (Å²) in [4.78, 5) is 0.0388. The molecule has 0 saturated heterocycles. The van der Waals surface area contributed by atoms with Crippen molar-refractivity contribution in [1.82, 2.24) is 14.9 Å². The van der Waals surface area contributed by atoms with Crippen LogP contribution in [0, 0.1) is 0 Å².